The number of carbonyl (C=O) groups excluding carboxylic acids is 3. The van der Waals surface area contributed by atoms with Crippen LogP contribution >= 0.6 is 0 Å². The summed E-state index contributed by atoms with van der Waals surface area (Å²) >= 11 is 0. The van der Waals surface area contributed by atoms with Gasteiger partial charge in [0.05, 0.1) is 16.7 Å². The van der Waals surface area contributed by atoms with Crippen molar-refractivity contribution in [3.8, 4) is 0 Å². The van der Waals surface area contributed by atoms with E-state index in [1.807, 2.05) is 13.8 Å². The number of benzene rings is 2. The van der Waals surface area contributed by atoms with E-state index < -0.39 is 29.6 Å². The number of hydrogen-bond acceptors (Lipinski definition) is 3. The predicted octanol–water partition coefficient (Wildman–Crippen LogP) is 4.60. The Morgan fingerprint density at radius 1 is 0.966 bits per heavy atom. The molecule has 0 spiro atoms. The molecule has 4 amide bonds. The summed E-state index contributed by atoms with van der Waals surface area (Å²) < 4.78 is 38.3. The Morgan fingerprint density at radius 2 is 1.59 bits per heavy atom. The molecule has 152 valence electrons. The number of nitrogens with zero attached hydrogens (tertiary/aromatic N) is 1. The first-order valence-electron chi connectivity index (χ1n) is 8.82. The fourth-order valence-electron chi connectivity index (χ4n) is 2.97. The van der Waals surface area contributed by atoms with Gasteiger partial charge in [-0.15, -0.1) is 0 Å². The summed E-state index contributed by atoms with van der Waals surface area (Å²) in [4.78, 5) is 38.1. The first kappa shape index (κ1) is 20.4. The number of amides is 4. The van der Waals surface area contributed by atoms with Crippen LogP contribution in [0.15, 0.2) is 42.5 Å². The molecule has 3 rings (SSSR count). The number of imide groups is 1. The topological polar surface area (TPSA) is 78.5 Å². The van der Waals surface area contributed by atoms with Gasteiger partial charge < -0.3 is 10.6 Å². The number of rotatable bonds is 4. The van der Waals surface area contributed by atoms with Gasteiger partial charge in [0.1, 0.15) is 0 Å². The van der Waals surface area contributed by atoms with Gasteiger partial charge >= 0.3 is 12.2 Å². The second kappa shape index (κ2) is 7.57. The summed E-state index contributed by atoms with van der Waals surface area (Å²) in [6.45, 7) is 4.05. The van der Waals surface area contributed by atoms with Crippen molar-refractivity contribution in [2.24, 2.45) is 5.92 Å². The van der Waals surface area contributed by atoms with E-state index in [2.05, 4.69) is 10.6 Å². The van der Waals surface area contributed by atoms with E-state index in [9.17, 15) is 27.6 Å². The van der Waals surface area contributed by atoms with Gasteiger partial charge in [-0.1, -0.05) is 19.9 Å². The fourth-order valence-corrected chi connectivity index (χ4v) is 2.97. The van der Waals surface area contributed by atoms with Gasteiger partial charge in [-0.05, 0) is 42.3 Å². The Bertz CT molecular complexity index is 986. The minimum Gasteiger partial charge on any atom is -0.308 e. The summed E-state index contributed by atoms with van der Waals surface area (Å²) in [5.41, 5.74) is -0.261. The van der Waals surface area contributed by atoms with Crippen molar-refractivity contribution in [1.29, 1.82) is 0 Å². The molecule has 6 nitrogen and oxygen atoms in total. The Kier molecular flexibility index (Phi) is 5.32. The van der Waals surface area contributed by atoms with E-state index in [0.29, 0.717) is 0 Å². The number of halogens is 3. The standard InChI is InChI=1S/C20H18F3N3O3/c1-11(2)10-26-17(27)15-7-6-14(9-16(15)18(26)28)25-19(29)24-13-5-3-4-12(8-13)20(21,22)23/h3-9,11H,10H2,1-2H3,(H2,24,25,29). The zero-order valence-electron chi connectivity index (χ0n) is 15.6. The van der Waals surface area contributed by atoms with E-state index in [1.54, 1.807) is 0 Å². The molecule has 0 saturated carbocycles. The molecular weight excluding hydrogens is 387 g/mol. The van der Waals surface area contributed by atoms with Crippen molar-refractivity contribution in [2.75, 3.05) is 17.2 Å². The van der Waals surface area contributed by atoms with E-state index >= 15 is 0 Å². The number of alkyl halides is 3. The minimum absolute atomic E-state index is 0.0344. The molecule has 0 unspecified atom stereocenters. The Hall–Kier alpha value is -3.36. The summed E-state index contributed by atoms with van der Waals surface area (Å²) in [6.07, 6.45) is -4.52. The molecule has 0 aromatic heterocycles. The summed E-state index contributed by atoms with van der Waals surface area (Å²) in [7, 11) is 0. The van der Waals surface area contributed by atoms with Crippen LogP contribution in [0.4, 0.5) is 29.3 Å². The number of carbonyl (C=O) groups is 3. The number of hydrogen-bond donors (Lipinski definition) is 2. The molecule has 29 heavy (non-hydrogen) atoms. The van der Waals surface area contributed by atoms with Crippen molar-refractivity contribution in [2.45, 2.75) is 20.0 Å². The normalized spacial score (nSPS) is 13.7. The van der Waals surface area contributed by atoms with Crippen molar-refractivity contribution in [1.82, 2.24) is 4.90 Å². The zero-order chi connectivity index (χ0) is 21.3. The highest BCUT2D eigenvalue weighted by molar-refractivity contribution is 6.22. The highest BCUT2D eigenvalue weighted by Gasteiger charge is 2.36. The lowest BCUT2D eigenvalue weighted by atomic mass is 10.1. The van der Waals surface area contributed by atoms with Crippen LogP contribution in [0.1, 0.15) is 40.1 Å². The molecule has 0 atom stereocenters. The van der Waals surface area contributed by atoms with E-state index in [0.717, 1.165) is 17.0 Å². The van der Waals surface area contributed by atoms with Crippen LogP contribution in [0.3, 0.4) is 0 Å². The van der Waals surface area contributed by atoms with Gasteiger partial charge in [0, 0.05) is 17.9 Å². The van der Waals surface area contributed by atoms with Crippen molar-refractivity contribution >= 4 is 29.2 Å². The molecule has 1 aliphatic rings. The largest absolute Gasteiger partial charge is 0.416 e. The molecule has 9 heteroatoms. The maximum atomic E-state index is 12.8. The molecule has 0 saturated heterocycles. The Balaban J connectivity index is 1.73. The minimum atomic E-state index is -4.52. The van der Waals surface area contributed by atoms with Crippen LogP contribution in [0.25, 0.3) is 0 Å². The number of fused-ring (bicyclic) bond motifs is 1. The molecule has 1 heterocycles. The smallest absolute Gasteiger partial charge is 0.308 e. The van der Waals surface area contributed by atoms with Gasteiger partial charge in [-0.2, -0.15) is 13.2 Å². The van der Waals surface area contributed by atoms with E-state index in [-0.39, 0.29) is 35.0 Å². The molecule has 2 aromatic rings. The Morgan fingerprint density at radius 3 is 2.21 bits per heavy atom. The molecule has 0 fully saturated rings. The Labute approximate surface area is 164 Å². The van der Waals surface area contributed by atoms with Crippen molar-refractivity contribution < 1.29 is 27.6 Å². The van der Waals surface area contributed by atoms with Crippen LogP contribution < -0.4 is 10.6 Å². The SMILES string of the molecule is CC(C)CN1C(=O)c2ccc(NC(=O)Nc3cccc(C(F)(F)F)c3)cc2C1=O. The van der Waals surface area contributed by atoms with Crippen LogP contribution in [-0.4, -0.2) is 29.3 Å². The molecule has 0 radical (unpaired) electrons. The third kappa shape index (κ3) is 4.39. The fraction of sp³-hybridized carbons (Fsp3) is 0.250. The van der Waals surface area contributed by atoms with Crippen LogP contribution in [0.2, 0.25) is 0 Å². The first-order chi connectivity index (χ1) is 13.6. The number of anilines is 2. The molecular formula is C20H18F3N3O3. The average molecular weight is 405 g/mol. The second-order valence-corrected chi connectivity index (χ2v) is 7.03. The zero-order valence-corrected chi connectivity index (χ0v) is 15.6. The molecule has 1 aliphatic heterocycles. The lowest BCUT2D eigenvalue weighted by Crippen LogP contribution is -2.33. The van der Waals surface area contributed by atoms with Crippen LogP contribution in [0.5, 0.6) is 0 Å². The van der Waals surface area contributed by atoms with E-state index in [1.165, 1.54) is 30.3 Å². The third-order valence-corrected chi connectivity index (χ3v) is 4.22. The number of nitrogens with one attached hydrogen (secondary N) is 2. The highest BCUT2D eigenvalue weighted by atomic mass is 19.4. The molecule has 2 aromatic carbocycles. The van der Waals surface area contributed by atoms with Gasteiger partial charge in [0.15, 0.2) is 0 Å². The van der Waals surface area contributed by atoms with Gasteiger partial charge in [0.25, 0.3) is 11.8 Å². The second-order valence-electron chi connectivity index (χ2n) is 7.03. The lowest BCUT2D eigenvalue weighted by molar-refractivity contribution is -0.137. The van der Waals surface area contributed by atoms with Crippen molar-refractivity contribution in [3.63, 3.8) is 0 Å². The summed E-state index contributed by atoms with van der Waals surface area (Å²) in [5, 5.41) is 4.77. The summed E-state index contributed by atoms with van der Waals surface area (Å²) in [5.74, 6) is -0.729. The average Bonchev–Trinajstić information content (AvgIpc) is 2.85. The molecule has 0 bridgehead atoms. The highest BCUT2D eigenvalue weighted by Crippen LogP contribution is 2.31. The maximum Gasteiger partial charge on any atom is 0.416 e. The predicted molar refractivity (Wildman–Crippen MR) is 101 cm³/mol. The van der Waals surface area contributed by atoms with Gasteiger partial charge in [0.2, 0.25) is 0 Å². The van der Waals surface area contributed by atoms with Crippen LogP contribution in [0, 0.1) is 5.92 Å². The van der Waals surface area contributed by atoms with Crippen LogP contribution in [-0.2, 0) is 6.18 Å². The molecule has 0 aliphatic carbocycles. The van der Waals surface area contributed by atoms with E-state index in [4.69, 9.17) is 0 Å². The first-order valence-corrected chi connectivity index (χ1v) is 8.82. The third-order valence-electron chi connectivity index (χ3n) is 4.22. The molecule has 2 N–H and O–H groups in total. The monoisotopic (exact) mass is 405 g/mol. The maximum absolute atomic E-state index is 12.8. The quantitative estimate of drug-likeness (QED) is 0.730. The van der Waals surface area contributed by atoms with Gasteiger partial charge in [-0.25, -0.2) is 4.79 Å². The summed E-state index contributed by atoms with van der Waals surface area (Å²) in [6, 6.07) is 7.71. The lowest BCUT2D eigenvalue weighted by Gasteiger charge is -2.15. The number of urea groups is 1. The van der Waals surface area contributed by atoms with Crippen molar-refractivity contribution in [3.05, 3.63) is 59.2 Å². The van der Waals surface area contributed by atoms with Gasteiger partial charge in [-0.3, -0.25) is 14.5 Å².